The minimum absolute atomic E-state index is 0.138. The quantitative estimate of drug-likeness (QED) is 0.823. The van der Waals surface area contributed by atoms with Crippen LogP contribution < -0.4 is 5.32 Å². The van der Waals surface area contributed by atoms with Crippen molar-refractivity contribution >= 4 is 15.7 Å². The number of hydrogen-bond donors (Lipinski definition) is 1. The summed E-state index contributed by atoms with van der Waals surface area (Å²) in [6.07, 6.45) is 4.34. The summed E-state index contributed by atoms with van der Waals surface area (Å²) in [7, 11) is -3.08. The summed E-state index contributed by atoms with van der Waals surface area (Å²) in [5.74, 6) is 1.78. The zero-order chi connectivity index (χ0) is 17.9. The average molecular weight is 366 g/mol. The molecule has 3 heterocycles. The van der Waals surface area contributed by atoms with Gasteiger partial charge in [-0.2, -0.15) is 4.98 Å². The third kappa shape index (κ3) is 4.76. The van der Waals surface area contributed by atoms with E-state index in [1.807, 2.05) is 6.07 Å². The highest BCUT2D eigenvalue weighted by molar-refractivity contribution is 7.90. The van der Waals surface area contributed by atoms with Gasteiger partial charge in [-0.05, 0) is 31.9 Å². The summed E-state index contributed by atoms with van der Waals surface area (Å²) in [4.78, 5) is 8.51. The fourth-order valence-corrected chi connectivity index (χ4v) is 4.59. The zero-order valence-corrected chi connectivity index (χ0v) is 15.2. The van der Waals surface area contributed by atoms with Crippen LogP contribution in [0.15, 0.2) is 22.9 Å². The molecule has 0 radical (unpaired) electrons. The van der Waals surface area contributed by atoms with Gasteiger partial charge in [-0.25, -0.2) is 13.4 Å². The molecule has 0 saturated carbocycles. The molecule has 9 heteroatoms. The van der Waals surface area contributed by atoms with Crippen LogP contribution in [0.4, 0.5) is 5.82 Å². The highest BCUT2D eigenvalue weighted by Gasteiger charge is 2.36. The first kappa shape index (κ1) is 17.8. The van der Waals surface area contributed by atoms with Crippen molar-refractivity contribution in [1.82, 2.24) is 15.1 Å². The Morgan fingerprint density at radius 2 is 2.08 bits per heavy atom. The van der Waals surface area contributed by atoms with Crippen LogP contribution in [0.2, 0.25) is 0 Å². The summed E-state index contributed by atoms with van der Waals surface area (Å²) in [6.45, 7) is 3.42. The van der Waals surface area contributed by atoms with Crippen molar-refractivity contribution in [3.63, 3.8) is 0 Å². The molecule has 0 aromatic carbocycles. The number of aromatic nitrogens is 3. The lowest BCUT2D eigenvalue weighted by Gasteiger charge is -2.36. The minimum atomic E-state index is -3.08. The van der Waals surface area contributed by atoms with Crippen molar-refractivity contribution < 1.29 is 17.7 Å². The van der Waals surface area contributed by atoms with Gasteiger partial charge < -0.3 is 14.6 Å². The fraction of sp³-hybridized carbons (Fsp3) is 0.562. The number of rotatable bonds is 6. The Morgan fingerprint density at radius 1 is 1.32 bits per heavy atom. The van der Waals surface area contributed by atoms with E-state index < -0.39 is 9.84 Å². The predicted octanol–water partition coefficient (Wildman–Crippen LogP) is 1.69. The second kappa shape index (κ2) is 7.09. The Kier molecular flexibility index (Phi) is 5.05. The Bertz CT molecular complexity index is 828. The van der Waals surface area contributed by atoms with Crippen LogP contribution in [0, 0.1) is 12.3 Å². The van der Waals surface area contributed by atoms with E-state index in [1.165, 1.54) is 6.26 Å². The predicted molar refractivity (Wildman–Crippen MR) is 93.0 cm³/mol. The van der Waals surface area contributed by atoms with Crippen molar-refractivity contribution in [3.05, 3.63) is 24.2 Å². The van der Waals surface area contributed by atoms with Gasteiger partial charge in [-0.15, -0.1) is 0 Å². The molecule has 0 aliphatic carbocycles. The maximum atomic E-state index is 11.8. The van der Waals surface area contributed by atoms with E-state index in [0.29, 0.717) is 50.1 Å². The zero-order valence-electron chi connectivity index (χ0n) is 14.4. The van der Waals surface area contributed by atoms with Crippen LogP contribution in [0.25, 0.3) is 11.5 Å². The van der Waals surface area contributed by atoms with Crippen LogP contribution in [0.3, 0.4) is 0 Å². The third-order valence-corrected chi connectivity index (χ3v) is 5.44. The second-order valence-electron chi connectivity index (χ2n) is 6.61. The summed E-state index contributed by atoms with van der Waals surface area (Å²) in [5, 5.41) is 7.06. The lowest BCUT2D eigenvalue weighted by Crippen LogP contribution is -2.41. The van der Waals surface area contributed by atoms with E-state index in [4.69, 9.17) is 9.26 Å². The molecule has 0 atom stereocenters. The molecule has 0 bridgehead atoms. The first-order chi connectivity index (χ1) is 11.9. The van der Waals surface area contributed by atoms with Crippen molar-refractivity contribution in [2.75, 3.05) is 37.1 Å². The van der Waals surface area contributed by atoms with Crippen LogP contribution >= 0.6 is 0 Å². The molecule has 136 valence electrons. The van der Waals surface area contributed by atoms with Crippen molar-refractivity contribution in [3.8, 4) is 11.5 Å². The molecular weight excluding hydrogens is 344 g/mol. The number of nitrogens with zero attached hydrogens (tertiary/aromatic N) is 3. The minimum Gasteiger partial charge on any atom is -0.381 e. The highest BCUT2D eigenvalue weighted by atomic mass is 32.2. The summed E-state index contributed by atoms with van der Waals surface area (Å²) < 4.78 is 34.3. The van der Waals surface area contributed by atoms with Gasteiger partial charge in [0, 0.05) is 43.2 Å². The normalized spacial score (nSPS) is 17.4. The molecule has 0 unspecified atom stereocenters. The van der Waals surface area contributed by atoms with Crippen LogP contribution in [-0.2, 0) is 14.6 Å². The Hall–Kier alpha value is -2.00. The lowest BCUT2D eigenvalue weighted by molar-refractivity contribution is 0.0315. The van der Waals surface area contributed by atoms with E-state index in [-0.39, 0.29) is 11.2 Å². The SMILES string of the molecule is Cc1noc(-c2ccnc(NCC3(CS(C)(=O)=O)CCOCC3)c2)n1. The van der Waals surface area contributed by atoms with Gasteiger partial charge in [-0.3, -0.25) is 0 Å². The molecule has 8 nitrogen and oxygen atoms in total. The Morgan fingerprint density at radius 3 is 2.72 bits per heavy atom. The van der Waals surface area contributed by atoms with Crippen molar-refractivity contribution in [2.24, 2.45) is 5.41 Å². The maximum absolute atomic E-state index is 11.8. The van der Waals surface area contributed by atoms with Gasteiger partial charge in [0.05, 0.1) is 5.75 Å². The summed E-state index contributed by atoms with van der Waals surface area (Å²) in [6, 6.07) is 3.61. The maximum Gasteiger partial charge on any atom is 0.258 e. The summed E-state index contributed by atoms with van der Waals surface area (Å²) in [5.41, 5.74) is 0.423. The van der Waals surface area contributed by atoms with E-state index >= 15 is 0 Å². The summed E-state index contributed by atoms with van der Waals surface area (Å²) >= 11 is 0. The highest BCUT2D eigenvalue weighted by Crippen LogP contribution is 2.32. The lowest BCUT2D eigenvalue weighted by atomic mass is 9.82. The molecule has 0 spiro atoms. The average Bonchev–Trinajstić information content (AvgIpc) is 2.99. The smallest absolute Gasteiger partial charge is 0.258 e. The molecule has 0 amide bonds. The molecule has 1 aliphatic rings. The monoisotopic (exact) mass is 366 g/mol. The fourth-order valence-electron chi connectivity index (χ4n) is 3.09. The topological polar surface area (TPSA) is 107 Å². The first-order valence-electron chi connectivity index (χ1n) is 8.11. The molecule has 2 aromatic rings. The largest absolute Gasteiger partial charge is 0.381 e. The molecular formula is C16H22N4O4S. The number of aryl methyl sites for hydroxylation is 1. The Balaban J connectivity index is 1.74. The number of ether oxygens (including phenoxy) is 1. The number of pyridine rings is 1. The van der Waals surface area contributed by atoms with Gasteiger partial charge in [0.1, 0.15) is 15.7 Å². The van der Waals surface area contributed by atoms with E-state index in [1.54, 1.807) is 19.2 Å². The van der Waals surface area contributed by atoms with Gasteiger partial charge in [0.2, 0.25) is 0 Å². The van der Waals surface area contributed by atoms with Crippen LogP contribution in [0.5, 0.6) is 0 Å². The second-order valence-corrected chi connectivity index (χ2v) is 8.75. The van der Waals surface area contributed by atoms with E-state index in [0.717, 1.165) is 5.56 Å². The number of sulfone groups is 1. The van der Waals surface area contributed by atoms with Gasteiger partial charge in [0.25, 0.3) is 5.89 Å². The number of nitrogens with one attached hydrogen (secondary N) is 1. The standard InChI is InChI=1S/C16H22N4O4S/c1-12-19-15(24-20-12)13-3-6-17-14(9-13)18-10-16(11-25(2,21)22)4-7-23-8-5-16/h3,6,9H,4-5,7-8,10-11H2,1-2H3,(H,17,18). The van der Waals surface area contributed by atoms with Crippen molar-refractivity contribution in [2.45, 2.75) is 19.8 Å². The number of hydrogen-bond acceptors (Lipinski definition) is 8. The molecule has 1 aliphatic heterocycles. The van der Waals surface area contributed by atoms with Crippen LogP contribution in [-0.4, -0.2) is 55.3 Å². The van der Waals surface area contributed by atoms with E-state index in [9.17, 15) is 8.42 Å². The van der Waals surface area contributed by atoms with Gasteiger partial charge in [-0.1, -0.05) is 5.16 Å². The molecule has 25 heavy (non-hydrogen) atoms. The van der Waals surface area contributed by atoms with E-state index in [2.05, 4.69) is 20.4 Å². The number of anilines is 1. The van der Waals surface area contributed by atoms with Gasteiger partial charge >= 0.3 is 0 Å². The van der Waals surface area contributed by atoms with Crippen LogP contribution in [0.1, 0.15) is 18.7 Å². The third-order valence-electron chi connectivity index (χ3n) is 4.30. The van der Waals surface area contributed by atoms with Gasteiger partial charge in [0.15, 0.2) is 5.82 Å². The first-order valence-corrected chi connectivity index (χ1v) is 10.2. The molecule has 3 rings (SSSR count). The molecule has 2 aromatic heterocycles. The molecule has 1 saturated heterocycles. The van der Waals surface area contributed by atoms with Crippen molar-refractivity contribution in [1.29, 1.82) is 0 Å². The Labute approximate surface area is 146 Å². The molecule has 1 N–H and O–H groups in total. The molecule has 1 fully saturated rings.